The van der Waals surface area contributed by atoms with E-state index in [1.54, 1.807) is 18.2 Å². The Bertz CT molecular complexity index is 1110. The zero-order chi connectivity index (χ0) is 23.9. The van der Waals surface area contributed by atoms with Crippen LogP contribution in [0, 0.1) is 15.9 Å². The van der Waals surface area contributed by atoms with Gasteiger partial charge in [-0.1, -0.05) is 30.3 Å². The number of rotatable bonds is 9. The van der Waals surface area contributed by atoms with Crippen molar-refractivity contribution in [3.05, 3.63) is 76.9 Å². The van der Waals surface area contributed by atoms with Crippen LogP contribution < -0.4 is 20.0 Å². The number of anilines is 4. The molecule has 1 aliphatic heterocycles. The van der Waals surface area contributed by atoms with Gasteiger partial charge in [0.15, 0.2) is 0 Å². The van der Waals surface area contributed by atoms with E-state index in [0.29, 0.717) is 38.4 Å². The lowest BCUT2D eigenvalue weighted by atomic mass is 10.2. The molecule has 3 aromatic rings. The molecule has 1 aromatic heterocycles. The van der Waals surface area contributed by atoms with Crippen molar-refractivity contribution in [1.82, 2.24) is 9.97 Å². The lowest BCUT2D eigenvalue weighted by molar-refractivity contribution is -0.383. The van der Waals surface area contributed by atoms with Crippen molar-refractivity contribution in [3.63, 3.8) is 0 Å². The highest BCUT2D eigenvalue weighted by molar-refractivity contribution is 5.70. The van der Waals surface area contributed by atoms with Gasteiger partial charge in [0.2, 0.25) is 11.6 Å². The Labute approximate surface area is 198 Å². The molecule has 0 radical (unpaired) electrons. The third kappa shape index (κ3) is 5.33. The predicted octanol–water partition coefficient (Wildman–Crippen LogP) is 3.79. The third-order valence-corrected chi connectivity index (χ3v) is 5.92. The fourth-order valence-electron chi connectivity index (χ4n) is 4.10. The Balaban J connectivity index is 1.38. The molecule has 1 N–H and O–H groups in total. The van der Waals surface area contributed by atoms with Crippen LogP contribution in [-0.4, -0.2) is 61.2 Å². The van der Waals surface area contributed by atoms with Gasteiger partial charge in [0.25, 0.3) is 0 Å². The van der Waals surface area contributed by atoms with Gasteiger partial charge in [-0.25, -0.2) is 14.4 Å². The summed E-state index contributed by atoms with van der Waals surface area (Å²) in [7, 11) is 2.02. The van der Waals surface area contributed by atoms with Gasteiger partial charge in [0, 0.05) is 52.0 Å². The van der Waals surface area contributed by atoms with Crippen molar-refractivity contribution < 1.29 is 9.31 Å². The van der Waals surface area contributed by atoms with Crippen LogP contribution >= 0.6 is 0 Å². The van der Waals surface area contributed by atoms with E-state index in [4.69, 9.17) is 0 Å². The fourth-order valence-corrected chi connectivity index (χ4v) is 4.10. The SMILES string of the molecule is CN(CCCNc1ncnc(N2CCN(c3ccccc3F)CC2)c1[N+](=O)[O-])c1ccccc1. The number of piperazine rings is 1. The highest BCUT2D eigenvalue weighted by Crippen LogP contribution is 2.33. The molecule has 1 saturated heterocycles. The number of nitrogens with one attached hydrogen (secondary N) is 1. The van der Waals surface area contributed by atoms with Crippen molar-refractivity contribution in [3.8, 4) is 0 Å². The normalized spacial score (nSPS) is 13.6. The van der Waals surface area contributed by atoms with E-state index >= 15 is 0 Å². The van der Waals surface area contributed by atoms with E-state index < -0.39 is 4.92 Å². The Morgan fingerprint density at radius 2 is 1.71 bits per heavy atom. The molecule has 0 saturated carbocycles. The second kappa shape index (κ2) is 10.8. The minimum atomic E-state index is -0.434. The van der Waals surface area contributed by atoms with Gasteiger partial charge >= 0.3 is 5.69 Å². The maximum Gasteiger partial charge on any atom is 0.353 e. The Morgan fingerprint density at radius 3 is 2.41 bits per heavy atom. The topological polar surface area (TPSA) is 90.7 Å². The third-order valence-electron chi connectivity index (χ3n) is 5.92. The van der Waals surface area contributed by atoms with Crippen LogP contribution in [0.25, 0.3) is 0 Å². The number of nitro groups is 1. The molecule has 0 aliphatic carbocycles. The maximum atomic E-state index is 14.1. The van der Waals surface area contributed by atoms with E-state index in [-0.39, 0.29) is 23.1 Å². The molecule has 0 bridgehead atoms. The smallest absolute Gasteiger partial charge is 0.353 e. The summed E-state index contributed by atoms with van der Waals surface area (Å²) in [6.07, 6.45) is 2.13. The number of benzene rings is 2. The van der Waals surface area contributed by atoms with Crippen LogP contribution in [0.3, 0.4) is 0 Å². The van der Waals surface area contributed by atoms with E-state index in [0.717, 1.165) is 18.7 Å². The predicted molar refractivity (Wildman–Crippen MR) is 132 cm³/mol. The summed E-state index contributed by atoms with van der Waals surface area (Å²) in [5.74, 6) is 0.236. The average molecular weight is 466 g/mol. The van der Waals surface area contributed by atoms with Crippen LogP contribution in [0.5, 0.6) is 0 Å². The first-order valence-corrected chi connectivity index (χ1v) is 11.3. The fraction of sp³-hybridized carbons (Fsp3) is 0.333. The minimum Gasteiger partial charge on any atom is -0.375 e. The molecule has 0 atom stereocenters. The lowest BCUT2D eigenvalue weighted by Gasteiger charge is -2.36. The molecule has 178 valence electrons. The largest absolute Gasteiger partial charge is 0.375 e. The first kappa shape index (κ1) is 23.2. The number of hydrogen-bond acceptors (Lipinski definition) is 8. The molecule has 2 heterocycles. The van der Waals surface area contributed by atoms with E-state index in [1.165, 1.54) is 12.4 Å². The summed E-state index contributed by atoms with van der Waals surface area (Å²) in [5.41, 5.74) is 1.53. The molecule has 0 spiro atoms. The molecule has 0 unspecified atom stereocenters. The summed E-state index contributed by atoms with van der Waals surface area (Å²) >= 11 is 0. The van der Waals surface area contributed by atoms with Crippen LogP contribution in [0.1, 0.15) is 6.42 Å². The summed E-state index contributed by atoms with van der Waals surface area (Å²) in [4.78, 5) is 25.8. The van der Waals surface area contributed by atoms with Crippen molar-refractivity contribution in [2.75, 3.05) is 66.3 Å². The van der Waals surface area contributed by atoms with Gasteiger partial charge < -0.3 is 20.0 Å². The van der Waals surface area contributed by atoms with Gasteiger partial charge in [-0.15, -0.1) is 0 Å². The Morgan fingerprint density at radius 1 is 1.03 bits per heavy atom. The lowest BCUT2D eigenvalue weighted by Crippen LogP contribution is -2.47. The zero-order valence-corrected chi connectivity index (χ0v) is 19.1. The molecule has 1 aliphatic rings. The van der Waals surface area contributed by atoms with Crippen molar-refractivity contribution in [2.24, 2.45) is 0 Å². The molecule has 0 amide bonds. The van der Waals surface area contributed by atoms with Gasteiger partial charge in [-0.2, -0.15) is 0 Å². The van der Waals surface area contributed by atoms with Crippen LogP contribution in [-0.2, 0) is 0 Å². The molecular weight excluding hydrogens is 437 g/mol. The maximum absolute atomic E-state index is 14.1. The molecule has 9 nitrogen and oxygen atoms in total. The Hall–Kier alpha value is -3.95. The summed E-state index contributed by atoms with van der Waals surface area (Å²) < 4.78 is 14.1. The Kier molecular flexibility index (Phi) is 7.36. The average Bonchev–Trinajstić information content (AvgIpc) is 2.87. The number of para-hydroxylation sites is 2. The van der Waals surface area contributed by atoms with Crippen LogP contribution in [0.15, 0.2) is 60.9 Å². The van der Waals surface area contributed by atoms with Crippen molar-refractivity contribution in [2.45, 2.75) is 6.42 Å². The molecule has 4 rings (SSSR count). The minimum absolute atomic E-state index is 0.127. The second-order valence-electron chi connectivity index (χ2n) is 8.11. The molecular formula is C24H28FN7O2. The monoisotopic (exact) mass is 465 g/mol. The second-order valence-corrected chi connectivity index (χ2v) is 8.11. The first-order valence-electron chi connectivity index (χ1n) is 11.3. The van der Waals surface area contributed by atoms with Crippen molar-refractivity contribution >= 4 is 28.7 Å². The van der Waals surface area contributed by atoms with E-state index in [2.05, 4.69) is 20.2 Å². The number of halogens is 1. The van der Waals surface area contributed by atoms with Crippen molar-refractivity contribution in [1.29, 1.82) is 0 Å². The molecule has 10 heteroatoms. The highest BCUT2D eigenvalue weighted by Gasteiger charge is 2.29. The number of hydrogen-bond donors (Lipinski definition) is 1. The zero-order valence-electron chi connectivity index (χ0n) is 19.1. The van der Waals surface area contributed by atoms with Gasteiger partial charge in [0.1, 0.15) is 12.1 Å². The summed E-state index contributed by atoms with van der Waals surface area (Å²) in [5, 5.41) is 15.0. The van der Waals surface area contributed by atoms with Gasteiger partial charge in [0.05, 0.1) is 10.6 Å². The van der Waals surface area contributed by atoms with Crippen LogP contribution in [0.2, 0.25) is 0 Å². The summed E-state index contributed by atoms with van der Waals surface area (Å²) in [6, 6.07) is 16.7. The van der Waals surface area contributed by atoms with E-state index in [1.807, 2.05) is 47.2 Å². The number of aromatic nitrogens is 2. The van der Waals surface area contributed by atoms with Gasteiger partial charge in [-0.05, 0) is 30.7 Å². The highest BCUT2D eigenvalue weighted by atomic mass is 19.1. The van der Waals surface area contributed by atoms with Gasteiger partial charge in [-0.3, -0.25) is 10.1 Å². The summed E-state index contributed by atoms with van der Waals surface area (Å²) in [6.45, 7) is 3.39. The first-order chi connectivity index (χ1) is 16.5. The molecule has 1 fully saturated rings. The van der Waals surface area contributed by atoms with Crippen LogP contribution in [0.4, 0.5) is 33.1 Å². The number of nitrogens with zero attached hydrogens (tertiary/aromatic N) is 6. The molecule has 2 aromatic carbocycles. The standard InChI is InChI=1S/C24H28FN7O2/c1-29(19-8-3-2-4-9-19)13-7-12-26-23-22(32(33)34)24(28-18-27-23)31-16-14-30(15-17-31)21-11-6-5-10-20(21)25/h2-6,8-11,18H,7,12-17H2,1H3,(H,26,27,28). The quantitative estimate of drug-likeness (QED) is 0.290. The van der Waals surface area contributed by atoms with E-state index in [9.17, 15) is 14.5 Å². The molecule has 34 heavy (non-hydrogen) atoms.